The normalized spacial score (nSPS) is 26.9. The van der Waals surface area contributed by atoms with E-state index in [1.807, 2.05) is 13.8 Å². The summed E-state index contributed by atoms with van der Waals surface area (Å²) in [6, 6.07) is -6.46. The van der Waals surface area contributed by atoms with Crippen molar-refractivity contribution >= 4 is 59.1 Å². The molecule has 0 saturated carbocycles. The zero-order valence-electron chi connectivity index (χ0n) is 40.3. The van der Waals surface area contributed by atoms with E-state index in [1.54, 1.807) is 27.7 Å². The number of rotatable bonds is 6. The lowest BCUT2D eigenvalue weighted by Crippen LogP contribution is -2.60. The second-order valence-electron chi connectivity index (χ2n) is 18.2. The molecule has 0 aromatic heterocycles. The highest BCUT2D eigenvalue weighted by Crippen LogP contribution is 2.20. The molecule has 3 aliphatic rings. The molecule has 0 bridgehead atoms. The number of hydrogen-bond donors (Lipinski definition) is 6. The number of nitrogens with zero attached hydrogens (tertiary/aromatic N) is 6. The molecule has 66 heavy (non-hydrogen) atoms. The van der Waals surface area contributed by atoms with Crippen molar-refractivity contribution in [3.8, 4) is 0 Å². The first kappa shape index (κ1) is 55.0. The molecule has 372 valence electrons. The summed E-state index contributed by atoms with van der Waals surface area (Å²) < 4.78 is 0. The van der Waals surface area contributed by atoms with Crippen LogP contribution >= 0.6 is 0 Å². The van der Waals surface area contributed by atoms with E-state index in [0.29, 0.717) is 51.4 Å². The van der Waals surface area contributed by atoms with Crippen LogP contribution in [0.15, 0.2) is 0 Å². The van der Waals surface area contributed by atoms with E-state index in [2.05, 4.69) is 21.3 Å². The molecule has 3 heterocycles. The molecule has 3 aliphatic heterocycles. The molecular formula is C44H76N12O10. The van der Waals surface area contributed by atoms with Gasteiger partial charge in [0.1, 0.15) is 36.3 Å². The molecule has 3 saturated heterocycles. The van der Waals surface area contributed by atoms with Gasteiger partial charge in [0, 0.05) is 53.4 Å². The number of carbonyl (C=O) groups excluding carboxylic acids is 10. The van der Waals surface area contributed by atoms with Crippen molar-refractivity contribution in [1.29, 1.82) is 0 Å². The Bertz CT molecular complexity index is 1640. The Morgan fingerprint density at radius 1 is 0.515 bits per heavy atom. The number of piperidine rings is 2. The van der Waals surface area contributed by atoms with Gasteiger partial charge in [0.25, 0.3) is 0 Å². The van der Waals surface area contributed by atoms with Crippen molar-refractivity contribution in [2.75, 3.05) is 79.5 Å². The van der Waals surface area contributed by atoms with E-state index < -0.39 is 133 Å². The van der Waals surface area contributed by atoms with Crippen LogP contribution in [0.3, 0.4) is 0 Å². The molecule has 0 aromatic rings. The smallest absolute Gasteiger partial charge is 0.243 e. The highest BCUT2D eigenvalue weighted by Gasteiger charge is 2.39. The van der Waals surface area contributed by atoms with Gasteiger partial charge in [-0.3, -0.25) is 47.9 Å². The minimum absolute atomic E-state index is 0.170. The Hall–Kier alpha value is -5.38. The third-order valence-corrected chi connectivity index (χ3v) is 12.4. The van der Waals surface area contributed by atoms with E-state index in [-0.39, 0.29) is 39.3 Å². The SMILES string of the molecule is CCCN1CC(=O)N(C)[C@@H](C(C)C)C(=O)NC[C@@H](N)C(=O)N2CCCC[C@H]2C(=O)NCC(=O)N(CCC)CC(=O)N(C)[C@@H](C(C)C)C(=O)NC[C@@H](N)C(=O)N2CCCC[C@H]2C(=O)NCC1=O. The van der Waals surface area contributed by atoms with Crippen molar-refractivity contribution in [2.45, 2.75) is 129 Å². The Labute approximate surface area is 388 Å². The molecule has 0 aliphatic carbocycles. The van der Waals surface area contributed by atoms with Gasteiger partial charge in [0.2, 0.25) is 59.1 Å². The van der Waals surface area contributed by atoms with Crippen LogP contribution in [0.2, 0.25) is 0 Å². The van der Waals surface area contributed by atoms with Crippen molar-refractivity contribution in [1.82, 2.24) is 50.7 Å². The van der Waals surface area contributed by atoms with Crippen molar-refractivity contribution in [2.24, 2.45) is 23.3 Å². The number of amides is 10. The maximum atomic E-state index is 13.7. The highest BCUT2D eigenvalue weighted by molar-refractivity contribution is 5.96. The van der Waals surface area contributed by atoms with Gasteiger partial charge in [-0.15, -0.1) is 0 Å². The van der Waals surface area contributed by atoms with Gasteiger partial charge in [-0.1, -0.05) is 41.5 Å². The molecule has 6 atom stereocenters. The first-order valence-electron chi connectivity index (χ1n) is 23.5. The second-order valence-corrected chi connectivity index (χ2v) is 18.2. The van der Waals surface area contributed by atoms with E-state index >= 15 is 0 Å². The zero-order valence-corrected chi connectivity index (χ0v) is 40.3. The van der Waals surface area contributed by atoms with E-state index in [4.69, 9.17) is 11.5 Å². The Morgan fingerprint density at radius 2 is 0.864 bits per heavy atom. The average molecular weight is 933 g/mol. The van der Waals surface area contributed by atoms with Crippen LogP contribution < -0.4 is 32.7 Å². The van der Waals surface area contributed by atoms with Gasteiger partial charge in [-0.2, -0.15) is 0 Å². The van der Waals surface area contributed by atoms with Crippen LogP contribution in [0, 0.1) is 11.8 Å². The quantitative estimate of drug-likeness (QED) is 0.159. The largest absolute Gasteiger partial charge is 0.352 e. The number of fused-ring (bicyclic) bond motifs is 2. The number of carbonyl (C=O) groups is 10. The molecular weight excluding hydrogens is 857 g/mol. The third-order valence-electron chi connectivity index (χ3n) is 12.4. The summed E-state index contributed by atoms with van der Waals surface area (Å²) in [7, 11) is 2.88. The number of nitrogens with two attached hydrogens (primary N) is 2. The van der Waals surface area contributed by atoms with Gasteiger partial charge in [0.15, 0.2) is 0 Å². The Morgan fingerprint density at radius 3 is 1.18 bits per heavy atom. The van der Waals surface area contributed by atoms with Crippen LogP contribution in [0.1, 0.15) is 92.9 Å². The van der Waals surface area contributed by atoms with Gasteiger partial charge >= 0.3 is 0 Å². The highest BCUT2D eigenvalue weighted by atomic mass is 16.2. The summed E-state index contributed by atoms with van der Waals surface area (Å²) in [6.07, 6.45) is 4.01. The first-order valence-corrected chi connectivity index (χ1v) is 23.5. The molecule has 0 radical (unpaired) electrons. The summed E-state index contributed by atoms with van der Waals surface area (Å²) in [4.78, 5) is 144. The molecule has 22 heteroatoms. The molecule has 0 unspecified atom stereocenters. The third kappa shape index (κ3) is 14.8. The molecule has 3 fully saturated rings. The summed E-state index contributed by atoms with van der Waals surface area (Å²) in [5, 5.41) is 10.6. The fourth-order valence-electron chi connectivity index (χ4n) is 8.79. The summed E-state index contributed by atoms with van der Waals surface area (Å²) in [5.74, 6) is -6.55. The maximum absolute atomic E-state index is 13.7. The second kappa shape index (κ2) is 26.1. The Balaban J connectivity index is 1.94. The van der Waals surface area contributed by atoms with E-state index in [9.17, 15) is 47.9 Å². The monoisotopic (exact) mass is 933 g/mol. The Kier molecular flexibility index (Phi) is 21.7. The minimum atomic E-state index is -1.25. The van der Waals surface area contributed by atoms with Crippen LogP contribution in [-0.4, -0.2) is 204 Å². The molecule has 10 amide bonds. The summed E-state index contributed by atoms with van der Waals surface area (Å²) in [5.41, 5.74) is 12.7. The van der Waals surface area contributed by atoms with Crippen molar-refractivity contribution < 1.29 is 47.9 Å². The predicted molar refractivity (Wildman–Crippen MR) is 243 cm³/mol. The lowest BCUT2D eigenvalue weighted by molar-refractivity contribution is -0.146. The maximum Gasteiger partial charge on any atom is 0.243 e. The average Bonchev–Trinajstić information content (AvgIpc) is 3.29. The summed E-state index contributed by atoms with van der Waals surface area (Å²) >= 11 is 0. The van der Waals surface area contributed by atoms with Gasteiger partial charge in [-0.05, 0) is 63.2 Å². The van der Waals surface area contributed by atoms with Crippen LogP contribution in [-0.2, 0) is 47.9 Å². The van der Waals surface area contributed by atoms with Gasteiger partial charge < -0.3 is 62.1 Å². The number of likely N-dealkylation sites (N-methyl/N-ethyl adjacent to an activating group) is 2. The van der Waals surface area contributed by atoms with Gasteiger partial charge in [0.05, 0.1) is 26.2 Å². The van der Waals surface area contributed by atoms with Crippen LogP contribution in [0.5, 0.6) is 0 Å². The predicted octanol–water partition coefficient (Wildman–Crippen LogP) is -2.68. The van der Waals surface area contributed by atoms with Crippen molar-refractivity contribution in [3.63, 3.8) is 0 Å². The first-order chi connectivity index (χ1) is 31.2. The van der Waals surface area contributed by atoms with Crippen LogP contribution in [0.4, 0.5) is 0 Å². The lowest BCUT2D eigenvalue weighted by Gasteiger charge is -2.37. The molecule has 8 N–H and O–H groups in total. The molecule has 0 spiro atoms. The van der Waals surface area contributed by atoms with E-state index in [1.165, 1.54) is 43.5 Å². The minimum Gasteiger partial charge on any atom is -0.352 e. The molecule has 22 nitrogen and oxygen atoms in total. The molecule has 0 aromatic carbocycles. The standard InChI is InChI=1S/C44H76N12O10/c1-9-17-53-25-35(59)51(7)37(27(3)4)41(63)47-21-29(45)44(66)56-20-14-12-16-32(56)40(62)50-24-34(58)54(18-10-2)26-36(60)52(8)38(28(5)6)42(64)48-22-30(46)43(65)55-19-13-11-15-31(55)39(61)49-23-33(53)57/h27-32,37-38H,9-26,45-46H2,1-8H3,(H,47,63)(H,48,64)(H,49,61)(H,50,62)/t29-,30-,31+,32+,37+,38+/m1/s1. The summed E-state index contributed by atoms with van der Waals surface area (Å²) in [6.45, 7) is 9.00. The lowest BCUT2D eigenvalue weighted by atomic mass is 9.99. The number of nitrogens with one attached hydrogen (secondary N) is 4. The van der Waals surface area contributed by atoms with E-state index in [0.717, 1.165) is 0 Å². The van der Waals surface area contributed by atoms with Crippen molar-refractivity contribution in [3.05, 3.63) is 0 Å². The molecule has 3 rings (SSSR count). The zero-order chi connectivity index (χ0) is 49.4. The van der Waals surface area contributed by atoms with Crippen LogP contribution in [0.25, 0.3) is 0 Å². The topological polar surface area (TPSA) is 290 Å². The fourth-order valence-corrected chi connectivity index (χ4v) is 8.79. The number of hydrogen-bond acceptors (Lipinski definition) is 12. The van der Waals surface area contributed by atoms with Gasteiger partial charge in [-0.25, -0.2) is 0 Å². The fraction of sp³-hybridized carbons (Fsp3) is 0.773.